The lowest BCUT2D eigenvalue weighted by Crippen LogP contribution is -2.04. The number of ether oxygens (including phenoxy) is 1. The third kappa shape index (κ3) is 1.20. The van der Waals surface area contributed by atoms with Crippen molar-refractivity contribution in [2.24, 2.45) is 0 Å². The second-order valence-electron chi connectivity index (χ2n) is 2.25. The summed E-state index contributed by atoms with van der Waals surface area (Å²) in [4.78, 5) is 0. The molecule has 0 radical (unpaired) electrons. The highest BCUT2D eigenvalue weighted by atomic mass is 16.5. The molecule has 0 bridgehead atoms. The van der Waals surface area contributed by atoms with E-state index in [9.17, 15) is 0 Å². The van der Waals surface area contributed by atoms with E-state index in [-0.39, 0.29) is 6.10 Å². The fraction of sp³-hybridized carbons (Fsp3) is 1.00. The molecule has 0 aliphatic carbocycles. The molecule has 0 amide bonds. The molecular weight excluding hydrogens is 104 g/mol. The van der Waals surface area contributed by atoms with Gasteiger partial charge < -0.3 is 9.84 Å². The van der Waals surface area contributed by atoms with Crippen molar-refractivity contribution in [1.29, 1.82) is 0 Å². The second-order valence-corrected chi connectivity index (χ2v) is 2.25. The molecule has 2 atom stereocenters. The maximum Gasteiger partial charge on any atom is 0.0798 e. The van der Waals surface area contributed by atoms with E-state index >= 15 is 0 Å². The highest BCUT2D eigenvalue weighted by Crippen LogP contribution is 2.14. The Hall–Kier alpha value is -0.0800. The molecule has 0 aromatic carbocycles. The van der Waals surface area contributed by atoms with Crippen molar-refractivity contribution in [2.75, 3.05) is 6.61 Å². The van der Waals surface area contributed by atoms with Gasteiger partial charge in [0.15, 0.2) is 0 Å². The molecule has 0 spiro atoms. The maximum absolute atomic E-state index is 8.91. The lowest BCUT2D eigenvalue weighted by Gasteiger charge is -2.01. The average Bonchev–Trinajstić information content (AvgIpc) is 2.14. The monoisotopic (exact) mass is 116 g/mol. The summed E-state index contributed by atoms with van der Waals surface area (Å²) in [6, 6.07) is 0. The molecule has 1 fully saturated rings. The largest absolute Gasteiger partial charge is 0.391 e. The zero-order valence-electron chi connectivity index (χ0n) is 5.13. The van der Waals surface area contributed by atoms with Crippen LogP contribution in [-0.2, 0) is 4.74 Å². The summed E-state index contributed by atoms with van der Waals surface area (Å²) >= 11 is 0. The van der Waals surface area contributed by atoms with E-state index in [1.165, 1.54) is 0 Å². The van der Waals surface area contributed by atoms with E-state index in [1.54, 1.807) is 0 Å². The molecule has 1 aliphatic heterocycles. The van der Waals surface area contributed by atoms with Crippen LogP contribution in [0.3, 0.4) is 0 Å². The summed E-state index contributed by atoms with van der Waals surface area (Å²) in [6.07, 6.45) is 1.98. The zero-order chi connectivity index (χ0) is 5.98. The van der Waals surface area contributed by atoms with Gasteiger partial charge in [0.1, 0.15) is 0 Å². The predicted octanol–water partition coefficient (Wildman–Crippen LogP) is 0.546. The van der Waals surface area contributed by atoms with Gasteiger partial charge in [-0.1, -0.05) is 6.92 Å². The number of rotatable bonds is 1. The van der Waals surface area contributed by atoms with Gasteiger partial charge in [0.05, 0.1) is 18.8 Å². The lowest BCUT2D eigenvalue weighted by atomic mass is 10.2. The molecule has 1 aliphatic rings. The Balaban J connectivity index is 2.22. The van der Waals surface area contributed by atoms with Crippen molar-refractivity contribution in [3.63, 3.8) is 0 Å². The van der Waals surface area contributed by atoms with Crippen LogP contribution in [0.5, 0.6) is 0 Å². The molecule has 0 aromatic rings. The van der Waals surface area contributed by atoms with Gasteiger partial charge in [-0.05, 0) is 6.42 Å². The Bertz CT molecular complexity index is 72.9. The van der Waals surface area contributed by atoms with Gasteiger partial charge in [-0.2, -0.15) is 0 Å². The average molecular weight is 116 g/mol. The Morgan fingerprint density at radius 3 is 2.75 bits per heavy atom. The summed E-state index contributed by atoms with van der Waals surface area (Å²) in [5.74, 6) is 0. The SMILES string of the molecule is CC[C@H]1C[C@H](O)CO1. The molecule has 48 valence electrons. The van der Waals surface area contributed by atoms with Crippen molar-refractivity contribution in [1.82, 2.24) is 0 Å². The first kappa shape index (κ1) is 6.05. The molecule has 1 rings (SSSR count). The first-order valence-electron chi connectivity index (χ1n) is 3.12. The third-order valence-electron chi connectivity index (χ3n) is 1.51. The summed E-state index contributed by atoms with van der Waals surface area (Å²) in [5, 5.41) is 8.91. The Labute approximate surface area is 49.5 Å². The van der Waals surface area contributed by atoms with Crippen LogP contribution < -0.4 is 0 Å². The molecule has 1 N–H and O–H groups in total. The minimum Gasteiger partial charge on any atom is -0.391 e. The van der Waals surface area contributed by atoms with Gasteiger partial charge in [-0.25, -0.2) is 0 Å². The van der Waals surface area contributed by atoms with Crippen molar-refractivity contribution >= 4 is 0 Å². The second kappa shape index (κ2) is 2.46. The minimum absolute atomic E-state index is 0.194. The fourth-order valence-electron chi connectivity index (χ4n) is 0.971. The molecule has 0 saturated carbocycles. The Morgan fingerprint density at radius 2 is 2.50 bits per heavy atom. The van der Waals surface area contributed by atoms with Crippen LogP contribution in [0.2, 0.25) is 0 Å². The smallest absolute Gasteiger partial charge is 0.0798 e. The first-order chi connectivity index (χ1) is 3.83. The van der Waals surface area contributed by atoms with Crippen LogP contribution in [0.1, 0.15) is 19.8 Å². The quantitative estimate of drug-likeness (QED) is 0.542. The standard InChI is InChI=1S/C6H12O2/c1-2-6-3-5(7)4-8-6/h5-7H,2-4H2,1H3/t5-,6-/m0/s1. The molecule has 1 heterocycles. The Morgan fingerprint density at radius 1 is 1.75 bits per heavy atom. The van der Waals surface area contributed by atoms with Crippen LogP contribution in [0, 0.1) is 0 Å². The van der Waals surface area contributed by atoms with Gasteiger partial charge >= 0.3 is 0 Å². The number of aliphatic hydroxyl groups excluding tert-OH is 1. The minimum atomic E-state index is -0.194. The third-order valence-corrected chi connectivity index (χ3v) is 1.51. The highest BCUT2D eigenvalue weighted by molar-refractivity contribution is 4.70. The van der Waals surface area contributed by atoms with Crippen LogP contribution in [0.15, 0.2) is 0 Å². The van der Waals surface area contributed by atoms with Crippen LogP contribution >= 0.6 is 0 Å². The maximum atomic E-state index is 8.91. The predicted molar refractivity (Wildman–Crippen MR) is 30.7 cm³/mol. The molecular formula is C6H12O2. The van der Waals surface area contributed by atoms with Gasteiger partial charge in [0, 0.05) is 6.42 Å². The number of aliphatic hydroxyl groups is 1. The van der Waals surface area contributed by atoms with E-state index in [0.29, 0.717) is 12.7 Å². The van der Waals surface area contributed by atoms with Gasteiger partial charge in [-0.15, -0.1) is 0 Å². The molecule has 0 aromatic heterocycles. The van der Waals surface area contributed by atoms with Crippen LogP contribution in [0.4, 0.5) is 0 Å². The summed E-state index contributed by atoms with van der Waals surface area (Å²) in [6.45, 7) is 2.61. The molecule has 8 heavy (non-hydrogen) atoms. The van der Waals surface area contributed by atoms with E-state index < -0.39 is 0 Å². The molecule has 0 unspecified atom stereocenters. The Kier molecular flexibility index (Phi) is 1.86. The molecule has 2 nitrogen and oxygen atoms in total. The number of hydrogen-bond donors (Lipinski definition) is 1. The van der Waals surface area contributed by atoms with Crippen molar-refractivity contribution in [3.05, 3.63) is 0 Å². The topological polar surface area (TPSA) is 29.5 Å². The van der Waals surface area contributed by atoms with Crippen LogP contribution in [-0.4, -0.2) is 23.9 Å². The van der Waals surface area contributed by atoms with E-state index in [1.807, 2.05) is 0 Å². The van der Waals surface area contributed by atoms with E-state index in [2.05, 4.69) is 6.92 Å². The first-order valence-corrected chi connectivity index (χ1v) is 3.12. The van der Waals surface area contributed by atoms with Gasteiger partial charge in [-0.3, -0.25) is 0 Å². The summed E-state index contributed by atoms with van der Waals surface area (Å²) < 4.78 is 5.16. The lowest BCUT2D eigenvalue weighted by molar-refractivity contribution is 0.0869. The van der Waals surface area contributed by atoms with Crippen molar-refractivity contribution in [3.8, 4) is 0 Å². The highest BCUT2D eigenvalue weighted by Gasteiger charge is 2.20. The molecule has 1 saturated heterocycles. The summed E-state index contributed by atoms with van der Waals surface area (Å²) in [7, 11) is 0. The normalized spacial score (nSPS) is 38.2. The fourth-order valence-corrected chi connectivity index (χ4v) is 0.971. The van der Waals surface area contributed by atoms with Crippen LogP contribution in [0.25, 0.3) is 0 Å². The number of hydrogen-bond acceptors (Lipinski definition) is 2. The van der Waals surface area contributed by atoms with Gasteiger partial charge in [0.25, 0.3) is 0 Å². The van der Waals surface area contributed by atoms with E-state index in [0.717, 1.165) is 12.8 Å². The van der Waals surface area contributed by atoms with Gasteiger partial charge in [0.2, 0.25) is 0 Å². The molecule has 2 heteroatoms. The van der Waals surface area contributed by atoms with E-state index in [4.69, 9.17) is 9.84 Å². The van der Waals surface area contributed by atoms with Crippen molar-refractivity contribution in [2.45, 2.75) is 32.0 Å². The van der Waals surface area contributed by atoms with Crippen molar-refractivity contribution < 1.29 is 9.84 Å². The zero-order valence-corrected chi connectivity index (χ0v) is 5.13. The summed E-state index contributed by atoms with van der Waals surface area (Å²) in [5.41, 5.74) is 0.